The predicted molar refractivity (Wildman–Crippen MR) is 79.7 cm³/mol. The number of amides is 1. The molecular weight excluding hydrogens is 287 g/mol. The second-order valence-electron chi connectivity index (χ2n) is 6.65. The lowest BCUT2D eigenvalue weighted by Crippen LogP contribution is -2.42. The summed E-state index contributed by atoms with van der Waals surface area (Å²) in [5.41, 5.74) is -0.0389. The average Bonchev–Trinajstić information content (AvgIpc) is 2.46. The number of halogens is 1. The van der Waals surface area contributed by atoms with E-state index in [1.54, 1.807) is 4.90 Å². The highest BCUT2D eigenvalue weighted by Gasteiger charge is 2.30. The van der Waals surface area contributed by atoms with Gasteiger partial charge in [-0.25, -0.2) is 9.18 Å². The molecule has 0 aromatic carbocycles. The summed E-state index contributed by atoms with van der Waals surface area (Å²) in [7, 11) is 0. The Hall–Kier alpha value is -1.69. The van der Waals surface area contributed by atoms with Crippen molar-refractivity contribution in [1.82, 2.24) is 9.88 Å². The van der Waals surface area contributed by atoms with E-state index in [2.05, 4.69) is 4.98 Å². The Morgan fingerprint density at radius 1 is 1.41 bits per heavy atom. The molecule has 22 heavy (non-hydrogen) atoms. The van der Waals surface area contributed by atoms with Crippen molar-refractivity contribution in [1.29, 1.82) is 0 Å². The molecule has 0 spiro atoms. The lowest BCUT2D eigenvalue weighted by atomic mass is 9.89. The van der Waals surface area contributed by atoms with Crippen LogP contribution in [0.3, 0.4) is 0 Å². The number of carbonyl (C=O) groups excluding carboxylic acids is 1. The first-order valence-electron chi connectivity index (χ1n) is 7.54. The molecule has 0 radical (unpaired) electrons. The zero-order chi connectivity index (χ0) is 16.3. The second-order valence-corrected chi connectivity index (χ2v) is 6.65. The van der Waals surface area contributed by atoms with Gasteiger partial charge in [-0.15, -0.1) is 0 Å². The molecule has 1 N–H and O–H groups in total. The number of aliphatic hydroxyl groups excluding tert-OH is 1. The Bertz CT molecular complexity index is 505. The van der Waals surface area contributed by atoms with Gasteiger partial charge in [0.2, 0.25) is 0 Å². The zero-order valence-corrected chi connectivity index (χ0v) is 13.3. The summed E-state index contributed by atoms with van der Waals surface area (Å²) in [6, 6.07) is 2.79. The van der Waals surface area contributed by atoms with E-state index in [4.69, 9.17) is 4.74 Å². The van der Waals surface area contributed by atoms with Gasteiger partial charge in [-0.1, -0.05) is 0 Å². The number of hydrogen-bond donors (Lipinski definition) is 1. The maximum absolute atomic E-state index is 12.9. The molecule has 5 nitrogen and oxygen atoms in total. The third kappa shape index (κ3) is 4.40. The van der Waals surface area contributed by atoms with Crippen molar-refractivity contribution >= 4 is 6.09 Å². The van der Waals surface area contributed by atoms with Crippen LogP contribution in [0.4, 0.5) is 9.18 Å². The summed E-state index contributed by atoms with van der Waals surface area (Å²) in [4.78, 5) is 17.6. The monoisotopic (exact) mass is 310 g/mol. The Morgan fingerprint density at radius 3 is 2.55 bits per heavy atom. The Morgan fingerprint density at radius 2 is 2.05 bits per heavy atom. The van der Waals surface area contributed by atoms with Gasteiger partial charge in [-0.3, -0.25) is 4.98 Å². The molecule has 6 heteroatoms. The van der Waals surface area contributed by atoms with Crippen molar-refractivity contribution in [2.45, 2.75) is 45.3 Å². The van der Waals surface area contributed by atoms with Gasteiger partial charge < -0.3 is 14.7 Å². The van der Waals surface area contributed by atoms with E-state index < -0.39 is 17.5 Å². The molecule has 122 valence electrons. The molecule has 1 amide bonds. The minimum atomic E-state index is -0.735. The highest BCUT2D eigenvalue weighted by Crippen LogP contribution is 2.30. The molecule has 1 aliphatic heterocycles. The molecule has 1 saturated heterocycles. The Balaban J connectivity index is 1.89. The highest BCUT2D eigenvalue weighted by molar-refractivity contribution is 5.68. The fourth-order valence-corrected chi connectivity index (χ4v) is 2.53. The SMILES string of the molecule is CC(C)(C)OC(=O)N1CCC(C(O)c2ccc(F)cn2)CC1. The topological polar surface area (TPSA) is 62.7 Å². The van der Waals surface area contributed by atoms with Crippen LogP contribution in [0.15, 0.2) is 18.3 Å². The summed E-state index contributed by atoms with van der Waals surface area (Å²) in [5.74, 6) is -0.410. The van der Waals surface area contributed by atoms with Crippen LogP contribution in [-0.2, 0) is 4.74 Å². The molecule has 1 aromatic heterocycles. The van der Waals surface area contributed by atoms with Gasteiger partial charge in [-0.2, -0.15) is 0 Å². The maximum Gasteiger partial charge on any atom is 0.410 e. The number of carbonyl (C=O) groups is 1. The van der Waals surface area contributed by atoms with Crippen LogP contribution in [0.25, 0.3) is 0 Å². The minimum Gasteiger partial charge on any atom is -0.444 e. The van der Waals surface area contributed by atoms with Gasteiger partial charge in [0.1, 0.15) is 11.4 Å². The van der Waals surface area contributed by atoms with Crippen LogP contribution in [-0.4, -0.2) is 39.8 Å². The van der Waals surface area contributed by atoms with Crippen molar-refractivity contribution < 1.29 is 19.0 Å². The smallest absolute Gasteiger partial charge is 0.410 e. The molecule has 1 atom stereocenters. The van der Waals surface area contributed by atoms with E-state index in [-0.39, 0.29) is 12.0 Å². The third-order valence-electron chi connectivity index (χ3n) is 3.69. The van der Waals surface area contributed by atoms with Crippen LogP contribution in [0.2, 0.25) is 0 Å². The minimum absolute atomic E-state index is 0.0108. The molecule has 2 heterocycles. The van der Waals surface area contributed by atoms with Gasteiger partial charge in [0.05, 0.1) is 18.0 Å². The molecule has 1 aliphatic rings. The molecule has 1 aromatic rings. The Kier molecular flexibility index (Phi) is 5.01. The van der Waals surface area contributed by atoms with Crippen LogP contribution < -0.4 is 0 Å². The van der Waals surface area contributed by atoms with Crippen LogP contribution >= 0.6 is 0 Å². The third-order valence-corrected chi connectivity index (χ3v) is 3.69. The van der Waals surface area contributed by atoms with Gasteiger partial charge in [0.25, 0.3) is 0 Å². The Labute approximate surface area is 130 Å². The van der Waals surface area contributed by atoms with Crippen LogP contribution in [0.5, 0.6) is 0 Å². The fraction of sp³-hybridized carbons (Fsp3) is 0.625. The van der Waals surface area contributed by atoms with Crippen molar-refractivity contribution in [3.8, 4) is 0 Å². The average molecular weight is 310 g/mol. The predicted octanol–water partition coefficient (Wildman–Crippen LogP) is 2.90. The zero-order valence-electron chi connectivity index (χ0n) is 13.3. The lowest BCUT2D eigenvalue weighted by Gasteiger charge is -2.35. The van der Waals surface area contributed by atoms with E-state index in [0.29, 0.717) is 31.6 Å². The number of aliphatic hydroxyl groups is 1. The quantitative estimate of drug-likeness (QED) is 0.912. The van der Waals surface area contributed by atoms with E-state index in [1.807, 2.05) is 20.8 Å². The first-order chi connectivity index (χ1) is 10.3. The van der Waals surface area contributed by atoms with Crippen LogP contribution in [0, 0.1) is 11.7 Å². The summed E-state index contributed by atoms with van der Waals surface area (Å²) in [6.45, 7) is 6.58. The summed E-state index contributed by atoms with van der Waals surface area (Å²) in [6.07, 6.45) is 1.38. The molecular formula is C16H23FN2O3. The van der Waals surface area contributed by atoms with Gasteiger partial charge in [0.15, 0.2) is 0 Å². The largest absolute Gasteiger partial charge is 0.444 e. The molecule has 0 aliphatic carbocycles. The number of rotatable bonds is 2. The number of aromatic nitrogens is 1. The first-order valence-corrected chi connectivity index (χ1v) is 7.54. The van der Waals surface area contributed by atoms with E-state index >= 15 is 0 Å². The first kappa shape index (κ1) is 16.7. The second kappa shape index (κ2) is 6.60. The van der Waals surface area contributed by atoms with Gasteiger partial charge in [-0.05, 0) is 51.7 Å². The molecule has 2 rings (SSSR count). The van der Waals surface area contributed by atoms with E-state index in [1.165, 1.54) is 12.1 Å². The lowest BCUT2D eigenvalue weighted by molar-refractivity contribution is 0.00713. The van der Waals surface area contributed by atoms with Crippen LogP contribution in [0.1, 0.15) is 45.4 Å². The number of hydrogen-bond acceptors (Lipinski definition) is 4. The van der Waals surface area contributed by atoms with E-state index in [0.717, 1.165) is 6.20 Å². The van der Waals surface area contributed by atoms with Crippen molar-refractivity contribution in [3.05, 3.63) is 29.8 Å². The van der Waals surface area contributed by atoms with Crippen molar-refractivity contribution in [2.24, 2.45) is 5.92 Å². The molecule has 1 unspecified atom stereocenters. The van der Waals surface area contributed by atoms with Crippen molar-refractivity contribution in [3.63, 3.8) is 0 Å². The summed E-state index contributed by atoms with van der Waals surface area (Å²) in [5, 5.41) is 10.3. The number of ether oxygens (including phenoxy) is 1. The van der Waals surface area contributed by atoms with Gasteiger partial charge in [0, 0.05) is 13.1 Å². The number of pyridine rings is 1. The standard InChI is InChI=1S/C16H23FN2O3/c1-16(2,3)22-15(21)19-8-6-11(7-9-19)14(20)13-5-4-12(17)10-18-13/h4-5,10-11,14,20H,6-9H2,1-3H3. The molecule has 1 fully saturated rings. The number of piperidine rings is 1. The van der Waals surface area contributed by atoms with Crippen molar-refractivity contribution in [2.75, 3.05) is 13.1 Å². The highest BCUT2D eigenvalue weighted by atomic mass is 19.1. The fourth-order valence-electron chi connectivity index (χ4n) is 2.53. The number of likely N-dealkylation sites (tertiary alicyclic amines) is 1. The van der Waals surface area contributed by atoms with E-state index in [9.17, 15) is 14.3 Å². The number of nitrogens with zero attached hydrogens (tertiary/aromatic N) is 2. The normalized spacial score (nSPS) is 18.1. The maximum atomic E-state index is 12.9. The van der Waals surface area contributed by atoms with Gasteiger partial charge >= 0.3 is 6.09 Å². The molecule has 0 saturated carbocycles. The summed E-state index contributed by atoms with van der Waals surface area (Å²) >= 11 is 0. The molecule has 0 bridgehead atoms. The summed E-state index contributed by atoms with van der Waals surface area (Å²) < 4.78 is 18.2.